The molecule has 2 fully saturated rings. The summed E-state index contributed by atoms with van der Waals surface area (Å²) < 4.78 is 5.81. The molecule has 4 heterocycles. The number of rotatable bonds is 6. The molecule has 1 amide bonds. The molecule has 192 valence electrons. The number of benzene rings is 1. The van der Waals surface area contributed by atoms with Crippen LogP contribution in [-0.4, -0.2) is 84.3 Å². The molecule has 36 heavy (non-hydrogen) atoms. The van der Waals surface area contributed by atoms with Crippen molar-refractivity contribution in [1.29, 1.82) is 0 Å². The van der Waals surface area contributed by atoms with E-state index in [1.807, 2.05) is 24.8 Å². The van der Waals surface area contributed by atoms with E-state index in [9.17, 15) is 4.79 Å². The Balaban J connectivity index is 0.00000304. The van der Waals surface area contributed by atoms with Gasteiger partial charge in [-0.25, -0.2) is 9.97 Å². The second-order valence-corrected chi connectivity index (χ2v) is 9.37. The number of piperazine rings is 1. The number of nitrogens with one attached hydrogen (secondary N) is 2. The zero-order valence-electron chi connectivity index (χ0n) is 20.9. The highest BCUT2D eigenvalue weighted by Gasteiger charge is 2.23. The van der Waals surface area contributed by atoms with Gasteiger partial charge in [0.15, 0.2) is 5.82 Å². The Labute approximate surface area is 219 Å². The fraction of sp³-hybridized carbons (Fsp3) is 0.462. The van der Waals surface area contributed by atoms with Gasteiger partial charge in [-0.2, -0.15) is 13.5 Å². The third-order valence-corrected chi connectivity index (χ3v) is 6.57. The third-order valence-electron chi connectivity index (χ3n) is 6.57. The fourth-order valence-corrected chi connectivity index (χ4v) is 4.60. The maximum atomic E-state index is 12.3. The van der Waals surface area contributed by atoms with Gasteiger partial charge >= 0.3 is 0 Å². The normalized spacial score (nSPS) is 18.2. The van der Waals surface area contributed by atoms with Crippen LogP contribution in [0.3, 0.4) is 0 Å². The lowest BCUT2D eigenvalue weighted by Crippen LogP contribution is -2.49. The Bertz CT molecular complexity index is 1160. The first-order valence-electron chi connectivity index (χ1n) is 12.4. The Morgan fingerprint density at radius 3 is 2.58 bits per heavy atom. The van der Waals surface area contributed by atoms with Crippen molar-refractivity contribution in [2.75, 3.05) is 62.6 Å². The van der Waals surface area contributed by atoms with E-state index >= 15 is 0 Å². The zero-order valence-corrected chi connectivity index (χ0v) is 21.9. The number of hydrogen-bond acceptors (Lipinski definition) is 8. The maximum Gasteiger partial charge on any atom is 0.225 e. The van der Waals surface area contributed by atoms with Gasteiger partial charge in [0, 0.05) is 75.4 Å². The number of anilines is 2. The average Bonchev–Trinajstić information content (AvgIpc) is 2.92. The van der Waals surface area contributed by atoms with Crippen molar-refractivity contribution in [2.24, 2.45) is 5.92 Å². The largest absolute Gasteiger partial charge is 0.374 e. The van der Waals surface area contributed by atoms with Crippen molar-refractivity contribution >= 4 is 41.9 Å². The Morgan fingerprint density at radius 2 is 1.89 bits per heavy atom. The van der Waals surface area contributed by atoms with Crippen LogP contribution in [0.4, 0.5) is 11.5 Å². The molecule has 2 aliphatic rings. The second-order valence-electron chi connectivity index (χ2n) is 9.37. The van der Waals surface area contributed by atoms with Crippen LogP contribution in [0.15, 0.2) is 42.7 Å². The molecule has 1 aromatic carbocycles. The predicted octanol–water partition coefficient (Wildman–Crippen LogP) is 2.51. The van der Waals surface area contributed by atoms with Gasteiger partial charge in [-0.3, -0.25) is 9.78 Å². The minimum absolute atomic E-state index is 0. The molecule has 2 N–H and O–H groups in total. The second kappa shape index (κ2) is 11.9. The van der Waals surface area contributed by atoms with Gasteiger partial charge in [0.1, 0.15) is 5.52 Å². The van der Waals surface area contributed by atoms with Crippen molar-refractivity contribution < 1.29 is 9.53 Å². The highest BCUT2D eigenvalue weighted by Crippen LogP contribution is 2.27. The van der Waals surface area contributed by atoms with Crippen LogP contribution in [0.25, 0.3) is 22.3 Å². The van der Waals surface area contributed by atoms with E-state index in [0.717, 1.165) is 79.7 Å². The van der Waals surface area contributed by atoms with E-state index in [4.69, 9.17) is 9.72 Å². The van der Waals surface area contributed by atoms with Gasteiger partial charge < -0.3 is 25.2 Å². The van der Waals surface area contributed by atoms with Crippen molar-refractivity contribution in [1.82, 2.24) is 25.2 Å². The van der Waals surface area contributed by atoms with Crippen LogP contribution < -0.4 is 15.5 Å². The van der Waals surface area contributed by atoms with E-state index in [-0.39, 0.29) is 31.4 Å². The minimum Gasteiger partial charge on any atom is -0.374 e. The van der Waals surface area contributed by atoms with Crippen LogP contribution in [0.2, 0.25) is 0 Å². The van der Waals surface area contributed by atoms with E-state index in [2.05, 4.69) is 49.8 Å². The molecule has 0 spiro atoms. The van der Waals surface area contributed by atoms with Gasteiger partial charge in [0.05, 0.1) is 23.9 Å². The van der Waals surface area contributed by atoms with Gasteiger partial charge in [-0.05, 0) is 18.2 Å². The Morgan fingerprint density at radius 1 is 1.14 bits per heavy atom. The van der Waals surface area contributed by atoms with Crippen molar-refractivity contribution in [3.8, 4) is 11.3 Å². The first kappa shape index (κ1) is 26.1. The maximum absolute atomic E-state index is 12.3. The molecule has 0 radical (unpaired) electrons. The predicted molar refractivity (Wildman–Crippen MR) is 148 cm³/mol. The summed E-state index contributed by atoms with van der Waals surface area (Å²) in [5.74, 6) is 1.00. The van der Waals surface area contributed by atoms with Crippen LogP contribution in [-0.2, 0) is 9.53 Å². The lowest BCUT2D eigenvalue weighted by molar-refractivity contribution is -0.134. The Hall–Kier alpha value is -2.95. The van der Waals surface area contributed by atoms with E-state index < -0.39 is 0 Å². The van der Waals surface area contributed by atoms with Gasteiger partial charge in [0.2, 0.25) is 5.91 Å². The molecule has 10 heteroatoms. The molecule has 0 saturated carbocycles. The highest BCUT2D eigenvalue weighted by atomic mass is 32.1. The topological polar surface area (TPSA) is 95.5 Å². The first-order chi connectivity index (χ1) is 17.1. The molecule has 2 aromatic heterocycles. The molecule has 2 aliphatic heterocycles. The summed E-state index contributed by atoms with van der Waals surface area (Å²) in [4.78, 5) is 30.5. The van der Waals surface area contributed by atoms with Gasteiger partial charge in [-0.15, -0.1) is 0 Å². The number of carbonyl (C=O) groups excluding carboxylic acids is 1. The number of morpholine rings is 1. The number of pyridine rings is 1. The molecule has 9 nitrogen and oxygen atoms in total. The molecule has 1 atom stereocenters. The van der Waals surface area contributed by atoms with Crippen molar-refractivity contribution in [2.45, 2.75) is 20.0 Å². The lowest BCUT2D eigenvalue weighted by atomic mass is 10.1. The summed E-state index contributed by atoms with van der Waals surface area (Å²) >= 11 is 0. The Kier molecular flexibility index (Phi) is 8.60. The SMILES string of the molecule is CC(C)C(=O)N1CCN(c2ccc(-c3cc4nccnc4c(NC[C@@H]4CNCCO4)n3)cc2)CC1.S. The summed E-state index contributed by atoms with van der Waals surface area (Å²) in [7, 11) is 0. The first-order valence-corrected chi connectivity index (χ1v) is 12.4. The molecule has 5 rings (SSSR count). The summed E-state index contributed by atoms with van der Waals surface area (Å²) in [5, 5.41) is 6.79. The number of carbonyl (C=O) groups is 1. The standard InChI is InChI=1S/C26H33N7O2.H2S/c1-18(2)26(34)33-12-10-32(11-13-33)20-5-3-19(4-6-20)22-15-23-24(29-8-7-28-23)25(31-22)30-17-21-16-27-9-14-35-21;/h3-8,15,18,21,27H,9-14,16-17H2,1-2H3,(H,30,31);1H2/t21-;/m0./s1. The molecule has 0 aliphatic carbocycles. The van der Waals surface area contributed by atoms with Crippen LogP contribution >= 0.6 is 13.5 Å². The monoisotopic (exact) mass is 509 g/mol. The lowest BCUT2D eigenvalue weighted by Gasteiger charge is -2.37. The molecular weight excluding hydrogens is 474 g/mol. The number of nitrogens with zero attached hydrogens (tertiary/aromatic N) is 5. The summed E-state index contributed by atoms with van der Waals surface area (Å²) in [5.41, 5.74) is 4.59. The van der Waals surface area contributed by atoms with Crippen molar-refractivity contribution in [3.63, 3.8) is 0 Å². The smallest absolute Gasteiger partial charge is 0.225 e. The number of fused-ring (bicyclic) bond motifs is 1. The van der Waals surface area contributed by atoms with Crippen LogP contribution in [0.1, 0.15) is 13.8 Å². The van der Waals surface area contributed by atoms with E-state index in [1.165, 1.54) is 0 Å². The average molecular weight is 510 g/mol. The van der Waals surface area contributed by atoms with Crippen LogP contribution in [0, 0.1) is 5.92 Å². The molecule has 0 unspecified atom stereocenters. The molecule has 2 saturated heterocycles. The molecule has 3 aromatic rings. The molecular formula is C26H35N7O2S. The highest BCUT2D eigenvalue weighted by molar-refractivity contribution is 7.59. The number of ether oxygens (including phenoxy) is 1. The zero-order chi connectivity index (χ0) is 24.2. The number of amides is 1. The summed E-state index contributed by atoms with van der Waals surface area (Å²) in [6.07, 6.45) is 3.49. The minimum atomic E-state index is 0. The third kappa shape index (κ3) is 5.88. The van der Waals surface area contributed by atoms with Gasteiger partial charge in [-0.1, -0.05) is 26.0 Å². The number of hydrogen-bond donors (Lipinski definition) is 2. The number of aromatic nitrogens is 3. The van der Waals surface area contributed by atoms with E-state index in [0.29, 0.717) is 6.54 Å². The summed E-state index contributed by atoms with van der Waals surface area (Å²) in [6.45, 7) is 10.2. The van der Waals surface area contributed by atoms with Crippen LogP contribution in [0.5, 0.6) is 0 Å². The van der Waals surface area contributed by atoms with E-state index in [1.54, 1.807) is 12.4 Å². The fourth-order valence-electron chi connectivity index (χ4n) is 4.60. The molecule has 0 bridgehead atoms. The quantitative estimate of drug-likeness (QED) is 0.524. The van der Waals surface area contributed by atoms with Crippen molar-refractivity contribution in [3.05, 3.63) is 42.7 Å². The summed E-state index contributed by atoms with van der Waals surface area (Å²) in [6, 6.07) is 10.4. The van der Waals surface area contributed by atoms with Gasteiger partial charge in [0.25, 0.3) is 0 Å².